The van der Waals surface area contributed by atoms with Crippen LogP contribution in [0, 0.1) is 0 Å². The van der Waals surface area contributed by atoms with E-state index >= 15 is 0 Å². The Hall–Kier alpha value is -2.02. The molecule has 122 valence electrons. The van der Waals surface area contributed by atoms with Crippen molar-refractivity contribution in [3.63, 3.8) is 0 Å². The van der Waals surface area contributed by atoms with Gasteiger partial charge in [0.1, 0.15) is 0 Å². The molecule has 0 aromatic heterocycles. The van der Waals surface area contributed by atoms with Gasteiger partial charge in [0.25, 0.3) is 0 Å². The van der Waals surface area contributed by atoms with E-state index < -0.39 is 17.8 Å². The van der Waals surface area contributed by atoms with E-state index in [0.29, 0.717) is 13.0 Å². The first-order valence-corrected chi connectivity index (χ1v) is 7.61. The van der Waals surface area contributed by atoms with Crippen molar-refractivity contribution in [1.82, 2.24) is 5.32 Å². The molecule has 0 saturated carbocycles. The lowest BCUT2D eigenvalue weighted by Gasteiger charge is -2.14. The number of hydrogen-bond donors (Lipinski definition) is 2. The molecule has 2 amide bonds. The Labute approximate surface area is 140 Å². The predicted molar refractivity (Wildman–Crippen MR) is 86.3 cm³/mol. The number of amides is 2. The molecule has 0 aliphatic heterocycles. The largest absolute Gasteiger partial charge is 0.418 e. The second-order valence-corrected chi connectivity index (χ2v) is 5.72. The molecule has 0 radical (unpaired) electrons. The van der Waals surface area contributed by atoms with Crippen LogP contribution >= 0.6 is 15.9 Å². The van der Waals surface area contributed by atoms with Crippen molar-refractivity contribution in [3.05, 3.63) is 64.1 Å². The second-order valence-electron chi connectivity index (χ2n) is 4.80. The second kappa shape index (κ2) is 7.50. The summed E-state index contributed by atoms with van der Waals surface area (Å²) < 4.78 is 39.4. The fourth-order valence-corrected chi connectivity index (χ4v) is 2.47. The molecule has 7 heteroatoms. The zero-order valence-corrected chi connectivity index (χ0v) is 13.5. The van der Waals surface area contributed by atoms with Crippen molar-refractivity contribution in [2.45, 2.75) is 12.6 Å². The first-order chi connectivity index (χ1) is 10.9. The minimum absolute atomic E-state index is 0.264. The smallest absolute Gasteiger partial charge is 0.338 e. The van der Waals surface area contributed by atoms with Crippen LogP contribution in [0.2, 0.25) is 0 Å². The van der Waals surface area contributed by atoms with E-state index in [1.807, 2.05) is 24.3 Å². The van der Waals surface area contributed by atoms with Gasteiger partial charge in [0.2, 0.25) is 0 Å². The van der Waals surface area contributed by atoms with Crippen molar-refractivity contribution >= 4 is 27.6 Å². The van der Waals surface area contributed by atoms with Gasteiger partial charge >= 0.3 is 12.2 Å². The highest BCUT2D eigenvalue weighted by Gasteiger charge is 2.33. The van der Waals surface area contributed by atoms with Crippen molar-refractivity contribution in [2.24, 2.45) is 0 Å². The lowest BCUT2D eigenvalue weighted by Crippen LogP contribution is -2.31. The van der Waals surface area contributed by atoms with E-state index in [2.05, 4.69) is 26.6 Å². The van der Waals surface area contributed by atoms with Crippen LogP contribution in [0.25, 0.3) is 0 Å². The van der Waals surface area contributed by atoms with Crippen molar-refractivity contribution in [2.75, 3.05) is 11.9 Å². The Kier molecular flexibility index (Phi) is 5.65. The van der Waals surface area contributed by atoms with E-state index in [9.17, 15) is 18.0 Å². The molecule has 0 fully saturated rings. The SMILES string of the molecule is O=C(NCCc1cccc(Br)c1)Nc1ccccc1C(F)(F)F. The number of urea groups is 1. The minimum atomic E-state index is -4.51. The van der Waals surface area contributed by atoms with Gasteiger partial charge in [0, 0.05) is 11.0 Å². The Morgan fingerprint density at radius 1 is 1.09 bits per heavy atom. The summed E-state index contributed by atoms with van der Waals surface area (Å²) in [5.74, 6) is 0. The number of hydrogen-bond acceptors (Lipinski definition) is 1. The van der Waals surface area contributed by atoms with Gasteiger partial charge in [-0.15, -0.1) is 0 Å². The average Bonchev–Trinajstić information content (AvgIpc) is 2.47. The third-order valence-electron chi connectivity index (χ3n) is 3.07. The van der Waals surface area contributed by atoms with Crippen LogP contribution in [-0.4, -0.2) is 12.6 Å². The lowest BCUT2D eigenvalue weighted by atomic mass is 10.1. The molecule has 0 saturated heterocycles. The third kappa shape index (κ3) is 5.28. The Morgan fingerprint density at radius 3 is 2.52 bits per heavy atom. The number of carbonyl (C=O) groups is 1. The summed E-state index contributed by atoms with van der Waals surface area (Å²) in [6.45, 7) is 0.316. The molecule has 0 atom stereocenters. The van der Waals surface area contributed by atoms with Crippen LogP contribution in [0.3, 0.4) is 0 Å². The summed E-state index contributed by atoms with van der Waals surface area (Å²) in [6, 6.07) is 11.8. The maximum absolute atomic E-state index is 12.8. The molecule has 3 nitrogen and oxygen atoms in total. The van der Waals surface area contributed by atoms with Crippen LogP contribution in [0.4, 0.5) is 23.7 Å². The molecule has 2 aromatic rings. The fourth-order valence-electron chi connectivity index (χ4n) is 2.02. The zero-order valence-electron chi connectivity index (χ0n) is 12.0. The maximum Gasteiger partial charge on any atom is 0.418 e. The Morgan fingerprint density at radius 2 is 1.83 bits per heavy atom. The van der Waals surface area contributed by atoms with Gasteiger partial charge in [-0.3, -0.25) is 0 Å². The average molecular weight is 387 g/mol. The Balaban J connectivity index is 1.91. The summed E-state index contributed by atoms with van der Waals surface area (Å²) in [4.78, 5) is 11.7. The summed E-state index contributed by atoms with van der Waals surface area (Å²) in [7, 11) is 0. The van der Waals surface area contributed by atoms with E-state index in [-0.39, 0.29) is 5.69 Å². The number of para-hydroxylation sites is 1. The van der Waals surface area contributed by atoms with E-state index in [4.69, 9.17) is 0 Å². The van der Waals surface area contributed by atoms with E-state index in [1.165, 1.54) is 18.2 Å². The topological polar surface area (TPSA) is 41.1 Å². The number of alkyl halides is 3. The molecule has 0 aliphatic carbocycles. The van der Waals surface area contributed by atoms with Crippen LogP contribution in [-0.2, 0) is 12.6 Å². The monoisotopic (exact) mass is 386 g/mol. The number of rotatable bonds is 4. The highest BCUT2D eigenvalue weighted by Crippen LogP contribution is 2.34. The van der Waals surface area contributed by atoms with Crippen LogP contribution in [0.15, 0.2) is 53.0 Å². The number of benzene rings is 2. The molecular formula is C16H14BrF3N2O. The summed E-state index contributed by atoms with van der Waals surface area (Å²) in [6.07, 6.45) is -3.94. The molecule has 2 aromatic carbocycles. The van der Waals surface area contributed by atoms with Gasteiger partial charge in [-0.25, -0.2) is 4.79 Å². The molecule has 0 spiro atoms. The number of carbonyl (C=O) groups excluding carboxylic acids is 1. The summed E-state index contributed by atoms with van der Waals surface area (Å²) in [5.41, 5.74) is -0.127. The lowest BCUT2D eigenvalue weighted by molar-refractivity contribution is -0.136. The fraction of sp³-hybridized carbons (Fsp3) is 0.188. The number of anilines is 1. The van der Waals surface area contributed by atoms with Gasteiger partial charge in [-0.05, 0) is 36.2 Å². The molecule has 0 heterocycles. The number of nitrogens with one attached hydrogen (secondary N) is 2. The molecule has 23 heavy (non-hydrogen) atoms. The van der Waals surface area contributed by atoms with E-state index in [1.54, 1.807) is 0 Å². The van der Waals surface area contributed by atoms with Gasteiger partial charge in [-0.2, -0.15) is 13.2 Å². The standard InChI is InChI=1S/C16H14BrF3N2O/c17-12-5-3-4-11(10-12)8-9-21-15(23)22-14-7-2-1-6-13(14)16(18,19)20/h1-7,10H,8-9H2,(H2,21,22,23). The molecule has 0 unspecified atom stereocenters. The van der Waals surface area contributed by atoms with Crippen molar-refractivity contribution in [3.8, 4) is 0 Å². The van der Waals surface area contributed by atoms with Crippen LogP contribution in [0.1, 0.15) is 11.1 Å². The predicted octanol–water partition coefficient (Wildman–Crippen LogP) is 4.83. The zero-order chi connectivity index (χ0) is 16.9. The van der Waals surface area contributed by atoms with E-state index in [0.717, 1.165) is 16.1 Å². The quantitative estimate of drug-likeness (QED) is 0.775. The van der Waals surface area contributed by atoms with Crippen molar-refractivity contribution in [1.29, 1.82) is 0 Å². The van der Waals surface area contributed by atoms with Crippen LogP contribution < -0.4 is 10.6 Å². The summed E-state index contributed by atoms with van der Waals surface area (Å²) in [5, 5.41) is 4.78. The van der Waals surface area contributed by atoms with Gasteiger partial charge in [0.15, 0.2) is 0 Å². The molecule has 0 bridgehead atoms. The highest BCUT2D eigenvalue weighted by atomic mass is 79.9. The van der Waals surface area contributed by atoms with Crippen molar-refractivity contribution < 1.29 is 18.0 Å². The first-order valence-electron chi connectivity index (χ1n) is 6.82. The maximum atomic E-state index is 12.8. The first kappa shape index (κ1) is 17.3. The number of halogens is 4. The Bertz CT molecular complexity index is 689. The highest BCUT2D eigenvalue weighted by molar-refractivity contribution is 9.10. The third-order valence-corrected chi connectivity index (χ3v) is 3.56. The van der Waals surface area contributed by atoms with Gasteiger partial charge < -0.3 is 10.6 Å². The normalized spacial score (nSPS) is 11.1. The van der Waals surface area contributed by atoms with Gasteiger partial charge in [0.05, 0.1) is 11.3 Å². The molecular weight excluding hydrogens is 373 g/mol. The summed E-state index contributed by atoms with van der Waals surface area (Å²) >= 11 is 3.35. The minimum Gasteiger partial charge on any atom is -0.338 e. The molecule has 0 aliphatic rings. The molecule has 2 N–H and O–H groups in total. The van der Waals surface area contributed by atoms with Gasteiger partial charge in [-0.1, -0.05) is 40.2 Å². The molecule has 2 rings (SSSR count). The van der Waals surface area contributed by atoms with Crippen LogP contribution in [0.5, 0.6) is 0 Å².